The van der Waals surface area contributed by atoms with Crippen molar-refractivity contribution in [3.63, 3.8) is 0 Å². The second-order valence-electron chi connectivity index (χ2n) is 11.0. The molecule has 0 saturated carbocycles. The van der Waals surface area contributed by atoms with E-state index in [1.54, 1.807) is 0 Å². The quantitative estimate of drug-likeness (QED) is 0.0749. The van der Waals surface area contributed by atoms with Crippen molar-refractivity contribution >= 4 is 11.9 Å². The van der Waals surface area contributed by atoms with E-state index in [1.165, 1.54) is 64.2 Å². The Morgan fingerprint density at radius 1 is 0.650 bits per heavy atom. The Labute approximate surface area is 243 Å². The molecule has 0 aliphatic carbocycles. The van der Waals surface area contributed by atoms with Crippen molar-refractivity contribution in [1.82, 2.24) is 0 Å². The minimum Gasteiger partial charge on any atom is -0.462 e. The van der Waals surface area contributed by atoms with Gasteiger partial charge in [-0.05, 0) is 24.8 Å². The molecule has 0 radical (unpaired) electrons. The van der Waals surface area contributed by atoms with Gasteiger partial charge in [-0.15, -0.1) is 0 Å². The van der Waals surface area contributed by atoms with Crippen LogP contribution in [0.1, 0.15) is 141 Å². The number of carbonyl (C=O) groups excluding carboxylic acids is 2. The molecule has 0 aromatic heterocycles. The van der Waals surface area contributed by atoms with Crippen LogP contribution in [0.15, 0.2) is 30.3 Å². The summed E-state index contributed by atoms with van der Waals surface area (Å²) in [6, 6.07) is 9.78. The SMILES string of the molecule is CCCCCCCCCCCCCCCC(=O)OC[C@H](COCc1ccccc1)OC(=O)CCCCCCCF. The first-order valence-electron chi connectivity index (χ1n) is 16.2. The summed E-state index contributed by atoms with van der Waals surface area (Å²) >= 11 is 0. The van der Waals surface area contributed by atoms with Gasteiger partial charge in [0.15, 0.2) is 6.10 Å². The Bertz CT molecular complexity index is 712. The van der Waals surface area contributed by atoms with E-state index in [4.69, 9.17) is 14.2 Å². The first-order chi connectivity index (χ1) is 19.7. The predicted octanol–water partition coefficient (Wildman–Crippen LogP) is 9.45. The lowest BCUT2D eigenvalue weighted by Gasteiger charge is -2.18. The lowest BCUT2D eigenvalue weighted by Crippen LogP contribution is -2.29. The van der Waals surface area contributed by atoms with Gasteiger partial charge in [-0.3, -0.25) is 14.0 Å². The largest absolute Gasteiger partial charge is 0.462 e. The molecule has 40 heavy (non-hydrogen) atoms. The number of hydrogen-bond acceptors (Lipinski definition) is 5. The van der Waals surface area contributed by atoms with Crippen molar-refractivity contribution in [3.8, 4) is 0 Å². The standard InChI is InChI=1S/C34H57FO5/c1-2-3-4-5-6-7-8-9-10-11-12-14-20-25-33(36)39-30-32(29-38-28-31-23-18-17-19-24-31)40-34(37)26-21-15-13-16-22-27-35/h17-19,23-24,32H,2-16,20-22,25-30H2,1H3/t32-/m0/s1. The Hall–Kier alpha value is -1.95. The molecule has 1 aromatic rings. The number of esters is 2. The van der Waals surface area contributed by atoms with E-state index in [0.717, 1.165) is 44.1 Å². The third-order valence-corrected chi connectivity index (χ3v) is 7.14. The van der Waals surface area contributed by atoms with Gasteiger partial charge >= 0.3 is 11.9 Å². The second kappa shape index (κ2) is 27.2. The van der Waals surface area contributed by atoms with Crippen LogP contribution in [0.3, 0.4) is 0 Å². The normalized spacial score (nSPS) is 11.8. The van der Waals surface area contributed by atoms with E-state index in [9.17, 15) is 14.0 Å². The monoisotopic (exact) mass is 564 g/mol. The summed E-state index contributed by atoms with van der Waals surface area (Å²) in [5.41, 5.74) is 1.03. The average Bonchev–Trinajstić information content (AvgIpc) is 2.96. The van der Waals surface area contributed by atoms with Crippen LogP contribution in [0.25, 0.3) is 0 Å². The zero-order chi connectivity index (χ0) is 28.9. The highest BCUT2D eigenvalue weighted by molar-refractivity contribution is 5.70. The van der Waals surface area contributed by atoms with E-state index in [-0.39, 0.29) is 31.8 Å². The third-order valence-electron chi connectivity index (χ3n) is 7.14. The van der Waals surface area contributed by atoms with Gasteiger partial charge in [0, 0.05) is 12.8 Å². The molecule has 0 bridgehead atoms. The van der Waals surface area contributed by atoms with E-state index in [2.05, 4.69) is 6.92 Å². The Morgan fingerprint density at radius 2 is 1.15 bits per heavy atom. The molecule has 0 aliphatic rings. The molecule has 0 N–H and O–H groups in total. The lowest BCUT2D eigenvalue weighted by atomic mass is 10.0. The number of hydrogen-bond donors (Lipinski definition) is 0. The topological polar surface area (TPSA) is 61.8 Å². The molecular weight excluding hydrogens is 507 g/mol. The van der Waals surface area contributed by atoms with Crippen molar-refractivity contribution < 1.29 is 28.2 Å². The molecule has 230 valence electrons. The Kier molecular flexibility index (Phi) is 24.6. The maximum absolute atomic E-state index is 12.4. The number of carbonyl (C=O) groups is 2. The highest BCUT2D eigenvalue weighted by Gasteiger charge is 2.17. The van der Waals surface area contributed by atoms with Gasteiger partial charge in [0.25, 0.3) is 0 Å². The van der Waals surface area contributed by atoms with Crippen LogP contribution in [-0.4, -0.2) is 37.9 Å². The van der Waals surface area contributed by atoms with Crippen LogP contribution in [-0.2, 0) is 30.4 Å². The number of unbranched alkanes of at least 4 members (excludes halogenated alkanes) is 16. The maximum Gasteiger partial charge on any atom is 0.306 e. The minimum absolute atomic E-state index is 0.00824. The van der Waals surface area contributed by atoms with Gasteiger partial charge in [0.1, 0.15) is 6.61 Å². The molecule has 0 fully saturated rings. The highest BCUT2D eigenvalue weighted by atomic mass is 19.1. The summed E-state index contributed by atoms with van der Waals surface area (Å²) < 4.78 is 29.0. The van der Waals surface area contributed by atoms with Crippen molar-refractivity contribution in [1.29, 1.82) is 0 Å². The van der Waals surface area contributed by atoms with Gasteiger partial charge in [0.2, 0.25) is 0 Å². The molecule has 1 atom stereocenters. The molecule has 0 saturated heterocycles. The number of alkyl halides is 1. The van der Waals surface area contributed by atoms with Gasteiger partial charge in [0.05, 0.1) is 19.9 Å². The van der Waals surface area contributed by atoms with Crippen LogP contribution in [0.2, 0.25) is 0 Å². The van der Waals surface area contributed by atoms with Crippen molar-refractivity contribution in [2.45, 2.75) is 148 Å². The molecule has 6 heteroatoms. The summed E-state index contributed by atoms with van der Waals surface area (Å²) in [4.78, 5) is 24.6. The number of ether oxygens (including phenoxy) is 3. The number of halogens is 1. The van der Waals surface area contributed by atoms with Gasteiger partial charge in [-0.25, -0.2) is 0 Å². The van der Waals surface area contributed by atoms with Gasteiger partial charge in [-0.1, -0.05) is 134 Å². The van der Waals surface area contributed by atoms with Crippen molar-refractivity contribution in [2.75, 3.05) is 19.9 Å². The van der Waals surface area contributed by atoms with Crippen molar-refractivity contribution in [3.05, 3.63) is 35.9 Å². The molecular formula is C34H57FO5. The minimum atomic E-state index is -0.627. The summed E-state index contributed by atoms with van der Waals surface area (Å²) in [6.07, 6.45) is 20.4. The summed E-state index contributed by atoms with van der Waals surface area (Å²) in [7, 11) is 0. The molecule has 0 amide bonds. The first kappa shape index (κ1) is 36.1. The van der Waals surface area contributed by atoms with E-state index >= 15 is 0 Å². The van der Waals surface area contributed by atoms with Crippen LogP contribution in [0.4, 0.5) is 4.39 Å². The van der Waals surface area contributed by atoms with Gasteiger partial charge < -0.3 is 14.2 Å². The van der Waals surface area contributed by atoms with E-state index in [1.807, 2.05) is 30.3 Å². The fraction of sp³-hybridized carbons (Fsp3) is 0.765. The zero-order valence-corrected chi connectivity index (χ0v) is 25.4. The average molecular weight is 565 g/mol. The summed E-state index contributed by atoms with van der Waals surface area (Å²) in [5.74, 6) is -0.564. The molecule has 0 spiro atoms. The lowest BCUT2D eigenvalue weighted by molar-refractivity contribution is -0.163. The van der Waals surface area contributed by atoms with Crippen LogP contribution >= 0.6 is 0 Å². The molecule has 5 nitrogen and oxygen atoms in total. The Morgan fingerprint density at radius 3 is 1.70 bits per heavy atom. The Balaban J connectivity index is 2.19. The predicted molar refractivity (Wildman–Crippen MR) is 161 cm³/mol. The van der Waals surface area contributed by atoms with E-state index in [0.29, 0.717) is 32.3 Å². The smallest absolute Gasteiger partial charge is 0.306 e. The number of rotatable bonds is 28. The third kappa shape index (κ3) is 22.8. The maximum atomic E-state index is 12.4. The molecule has 0 heterocycles. The summed E-state index contributed by atoms with van der Waals surface area (Å²) in [5, 5.41) is 0. The van der Waals surface area contributed by atoms with Crippen LogP contribution < -0.4 is 0 Å². The van der Waals surface area contributed by atoms with Crippen LogP contribution in [0.5, 0.6) is 0 Å². The van der Waals surface area contributed by atoms with Gasteiger partial charge in [-0.2, -0.15) is 0 Å². The fourth-order valence-corrected chi connectivity index (χ4v) is 4.68. The van der Waals surface area contributed by atoms with Crippen molar-refractivity contribution in [2.24, 2.45) is 0 Å². The first-order valence-corrected chi connectivity index (χ1v) is 16.2. The molecule has 0 unspecified atom stereocenters. The summed E-state index contributed by atoms with van der Waals surface area (Å²) in [6.45, 7) is 2.55. The second-order valence-corrected chi connectivity index (χ2v) is 11.0. The number of benzene rings is 1. The molecule has 1 aromatic carbocycles. The van der Waals surface area contributed by atoms with Crippen LogP contribution in [0, 0.1) is 0 Å². The van der Waals surface area contributed by atoms with E-state index < -0.39 is 6.10 Å². The highest BCUT2D eigenvalue weighted by Crippen LogP contribution is 2.14. The fourth-order valence-electron chi connectivity index (χ4n) is 4.68. The zero-order valence-electron chi connectivity index (χ0n) is 25.4. The molecule has 0 aliphatic heterocycles. The molecule has 1 rings (SSSR count).